The molecule has 1 amide bonds. The third kappa shape index (κ3) is 5.74. The SMILES string of the molecule is CCOC(=O)/C=C/c1ccc(-c2ccc(O)c(C34CC5CC(CC(C5)C3)C4)c2)c(OCCCNC(C)=O)c1. The summed E-state index contributed by atoms with van der Waals surface area (Å²) in [5, 5.41) is 13.8. The van der Waals surface area contributed by atoms with Crippen LogP contribution < -0.4 is 10.1 Å². The van der Waals surface area contributed by atoms with E-state index in [1.54, 1.807) is 13.0 Å². The first-order valence-electron chi connectivity index (χ1n) is 14.0. The molecule has 6 rings (SSSR count). The van der Waals surface area contributed by atoms with Crippen molar-refractivity contribution in [3.8, 4) is 22.6 Å². The summed E-state index contributed by atoms with van der Waals surface area (Å²) in [7, 11) is 0. The van der Waals surface area contributed by atoms with Crippen LogP contribution in [0.2, 0.25) is 0 Å². The molecule has 2 aromatic carbocycles. The van der Waals surface area contributed by atoms with Crippen molar-refractivity contribution in [2.45, 2.75) is 64.2 Å². The Morgan fingerprint density at radius 3 is 2.42 bits per heavy atom. The number of phenolic OH excluding ortho intramolecular Hbond substituents is 1. The van der Waals surface area contributed by atoms with E-state index in [0.717, 1.165) is 40.0 Å². The van der Waals surface area contributed by atoms with Crippen molar-refractivity contribution in [1.29, 1.82) is 0 Å². The fourth-order valence-corrected chi connectivity index (χ4v) is 7.44. The number of esters is 1. The second kappa shape index (κ2) is 11.2. The first kappa shape index (κ1) is 26.3. The maximum absolute atomic E-state index is 11.8. The van der Waals surface area contributed by atoms with Crippen LogP contribution in [0.5, 0.6) is 11.5 Å². The van der Waals surface area contributed by atoms with Crippen LogP contribution in [-0.4, -0.2) is 36.7 Å². The van der Waals surface area contributed by atoms with E-state index >= 15 is 0 Å². The van der Waals surface area contributed by atoms with Crippen LogP contribution in [0.4, 0.5) is 0 Å². The lowest BCUT2D eigenvalue weighted by Gasteiger charge is -2.57. The van der Waals surface area contributed by atoms with Gasteiger partial charge >= 0.3 is 5.97 Å². The molecule has 0 aromatic heterocycles. The van der Waals surface area contributed by atoms with Gasteiger partial charge in [-0.3, -0.25) is 4.79 Å². The molecule has 0 atom stereocenters. The van der Waals surface area contributed by atoms with Gasteiger partial charge in [0.05, 0.1) is 13.2 Å². The predicted octanol–water partition coefficient (Wildman–Crippen LogP) is 6.01. The standard InChI is InChI=1S/C32H39NO5/c1-3-37-31(36)10-6-22-5-8-27(30(16-22)38-12-4-11-33-21(2)34)26-7-9-29(35)28(17-26)32-18-23-13-24(19-32)15-25(14-23)20-32/h5-10,16-17,23-25,35H,3-4,11-15,18-20H2,1-2H3,(H,33,34)/b10-6+. The summed E-state index contributed by atoms with van der Waals surface area (Å²) < 4.78 is 11.2. The Balaban J connectivity index is 1.44. The van der Waals surface area contributed by atoms with Crippen molar-refractivity contribution in [3.63, 3.8) is 0 Å². The second-order valence-electron chi connectivity index (χ2n) is 11.5. The lowest BCUT2D eigenvalue weighted by Crippen LogP contribution is -2.48. The van der Waals surface area contributed by atoms with Gasteiger partial charge in [0.2, 0.25) is 5.91 Å². The van der Waals surface area contributed by atoms with Crippen LogP contribution in [0.15, 0.2) is 42.5 Å². The summed E-state index contributed by atoms with van der Waals surface area (Å²) in [6.45, 7) is 4.60. The Kier molecular flexibility index (Phi) is 7.78. The summed E-state index contributed by atoms with van der Waals surface area (Å²) in [5.41, 5.74) is 3.97. The van der Waals surface area contributed by atoms with E-state index in [2.05, 4.69) is 11.4 Å². The van der Waals surface area contributed by atoms with E-state index < -0.39 is 0 Å². The molecule has 38 heavy (non-hydrogen) atoms. The molecule has 2 N–H and O–H groups in total. The number of hydrogen-bond donors (Lipinski definition) is 2. The fourth-order valence-electron chi connectivity index (χ4n) is 7.44. The summed E-state index contributed by atoms with van der Waals surface area (Å²) in [6, 6.07) is 11.9. The predicted molar refractivity (Wildman–Crippen MR) is 148 cm³/mol. The molecule has 4 bridgehead atoms. The van der Waals surface area contributed by atoms with E-state index in [4.69, 9.17) is 9.47 Å². The normalized spacial score (nSPS) is 25.5. The molecule has 0 spiro atoms. The second-order valence-corrected chi connectivity index (χ2v) is 11.5. The molecule has 202 valence electrons. The summed E-state index contributed by atoms with van der Waals surface area (Å²) in [4.78, 5) is 23.0. The minimum Gasteiger partial charge on any atom is -0.508 e. The van der Waals surface area contributed by atoms with E-state index in [1.165, 1.54) is 51.5 Å². The van der Waals surface area contributed by atoms with E-state index in [0.29, 0.717) is 37.7 Å². The topological polar surface area (TPSA) is 84.9 Å². The Hall–Kier alpha value is -3.28. The third-order valence-corrected chi connectivity index (χ3v) is 8.57. The van der Waals surface area contributed by atoms with Crippen molar-refractivity contribution in [2.75, 3.05) is 19.8 Å². The van der Waals surface area contributed by atoms with Gasteiger partial charge in [0.25, 0.3) is 0 Å². The average Bonchev–Trinajstić information content (AvgIpc) is 2.87. The number of carbonyl (C=O) groups is 2. The molecule has 6 nitrogen and oxygen atoms in total. The van der Waals surface area contributed by atoms with Crippen LogP contribution in [-0.2, 0) is 19.7 Å². The van der Waals surface area contributed by atoms with E-state index in [1.807, 2.05) is 30.3 Å². The van der Waals surface area contributed by atoms with Gasteiger partial charge in [-0.1, -0.05) is 18.2 Å². The quantitative estimate of drug-likeness (QED) is 0.229. The molecule has 4 fully saturated rings. The van der Waals surface area contributed by atoms with Crippen LogP contribution >= 0.6 is 0 Å². The minimum absolute atomic E-state index is 0.0573. The molecule has 4 saturated carbocycles. The largest absolute Gasteiger partial charge is 0.508 e. The highest BCUT2D eigenvalue weighted by Gasteiger charge is 2.52. The molecule has 4 aliphatic carbocycles. The molecule has 0 aliphatic heterocycles. The van der Waals surface area contributed by atoms with Gasteiger partial charge in [0.15, 0.2) is 0 Å². The van der Waals surface area contributed by atoms with Crippen molar-refractivity contribution in [1.82, 2.24) is 5.32 Å². The summed E-state index contributed by atoms with van der Waals surface area (Å²) in [6.07, 6.45) is 11.4. The van der Waals surface area contributed by atoms with Gasteiger partial charge < -0.3 is 19.9 Å². The van der Waals surface area contributed by atoms with Gasteiger partial charge in [-0.2, -0.15) is 0 Å². The lowest BCUT2D eigenvalue weighted by atomic mass is 9.48. The minimum atomic E-state index is -0.381. The molecule has 0 radical (unpaired) electrons. The van der Waals surface area contributed by atoms with Crippen molar-refractivity contribution in [3.05, 3.63) is 53.6 Å². The number of amides is 1. The number of carbonyl (C=O) groups excluding carboxylic acids is 2. The zero-order chi connectivity index (χ0) is 26.7. The van der Waals surface area contributed by atoms with E-state index in [-0.39, 0.29) is 17.3 Å². The number of nitrogens with one attached hydrogen (secondary N) is 1. The van der Waals surface area contributed by atoms with Gasteiger partial charge in [0.1, 0.15) is 11.5 Å². The monoisotopic (exact) mass is 517 g/mol. The molecular formula is C32H39NO5. The number of phenols is 1. The van der Waals surface area contributed by atoms with Gasteiger partial charge in [-0.15, -0.1) is 0 Å². The van der Waals surface area contributed by atoms with Crippen LogP contribution in [0.3, 0.4) is 0 Å². The van der Waals surface area contributed by atoms with Crippen molar-refractivity contribution in [2.24, 2.45) is 17.8 Å². The fraction of sp³-hybridized carbons (Fsp3) is 0.500. The Labute approximate surface area is 225 Å². The highest BCUT2D eigenvalue weighted by molar-refractivity contribution is 5.87. The number of aromatic hydroxyl groups is 1. The van der Waals surface area contributed by atoms with Crippen LogP contribution in [0.1, 0.15) is 69.9 Å². The third-order valence-electron chi connectivity index (χ3n) is 8.57. The van der Waals surface area contributed by atoms with Gasteiger partial charge in [-0.25, -0.2) is 4.79 Å². The summed E-state index contributed by atoms with van der Waals surface area (Å²) in [5.74, 6) is 3.04. The molecule has 0 saturated heterocycles. The van der Waals surface area contributed by atoms with Crippen LogP contribution in [0.25, 0.3) is 17.2 Å². The maximum atomic E-state index is 11.8. The number of ether oxygens (including phenoxy) is 2. The first-order chi connectivity index (χ1) is 18.3. The average molecular weight is 518 g/mol. The zero-order valence-corrected chi connectivity index (χ0v) is 22.5. The highest BCUT2D eigenvalue weighted by atomic mass is 16.5. The van der Waals surface area contributed by atoms with Crippen LogP contribution in [0, 0.1) is 17.8 Å². The summed E-state index contributed by atoms with van der Waals surface area (Å²) >= 11 is 0. The zero-order valence-electron chi connectivity index (χ0n) is 22.5. The Morgan fingerprint density at radius 1 is 1.05 bits per heavy atom. The number of hydrogen-bond acceptors (Lipinski definition) is 5. The van der Waals surface area contributed by atoms with Gasteiger partial charge in [-0.05, 0) is 110 Å². The Morgan fingerprint density at radius 2 is 1.76 bits per heavy atom. The smallest absolute Gasteiger partial charge is 0.330 e. The number of rotatable bonds is 10. The molecule has 2 aromatic rings. The van der Waals surface area contributed by atoms with E-state index in [9.17, 15) is 14.7 Å². The molecule has 0 unspecified atom stereocenters. The van der Waals surface area contributed by atoms with Crippen molar-refractivity contribution >= 4 is 18.0 Å². The van der Waals surface area contributed by atoms with Gasteiger partial charge in [0, 0.05) is 30.7 Å². The molecular weight excluding hydrogens is 478 g/mol. The molecule has 4 aliphatic rings. The molecule has 6 heteroatoms. The highest BCUT2D eigenvalue weighted by Crippen LogP contribution is 2.62. The Bertz CT molecular complexity index is 1180. The van der Waals surface area contributed by atoms with Crippen molar-refractivity contribution < 1.29 is 24.2 Å². The lowest BCUT2D eigenvalue weighted by molar-refractivity contribution is -0.137. The molecule has 0 heterocycles. The maximum Gasteiger partial charge on any atom is 0.330 e. The first-order valence-corrected chi connectivity index (χ1v) is 14.0. The number of benzene rings is 2.